The fourth-order valence-corrected chi connectivity index (χ4v) is 5.10. The minimum atomic E-state index is -0.563. The van der Waals surface area contributed by atoms with Gasteiger partial charge in [-0.2, -0.15) is 0 Å². The van der Waals surface area contributed by atoms with E-state index in [1.165, 1.54) is 22.7 Å². The van der Waals surface area contributed by atoms with Crippen molar-refractivity contribution >= 4 is 34.7 Å². The van der Waals surface area contributed by atoms with Crippen LogP contribution in [0.2, 0.25) is 0 Å². The quantitative estimate of drug-likeness (QED) is 0.650. The molecule has 29 heavy (non-hydrogen) atoms. The number of carbonyl (C=O) groups excluding carboxylic acids is 1. The molecule has 0 bridgehead atoms. The maximum Gasteiger partial charge on any atom is 0.338 e. The molecular weight excluding hydrogens is 408 g/mol. The fraction of sp³-hybridized carbons (Fsp3) is 0.190. The van der Waals surface area contributed by atoms with Crippen molar-refractivity contribution in [3.8, 4) is 5.75 Å². The van der Waals surface area contributed by atoms with Crippen LogP contribution in [-0.2, 0) is 9.53 Å². The summed E-state index contributed by atoms with van der Waals surface area (Å²) in [5.41, 5.74) is 1.52. The molecule has 1 aromatic carbocycles. The van der Waals surface area contributed by atoms with E-state index in [0.29, 0.717) is 20.6 Å². The van der Waals surface area contributed by atoms with E-state index >= 15 is 0 Å². The minimum Gasteiger partial charge on any atom is -0.508 e. The second-order valence-corrected chi connectivity index (χ2v) is 8.40. The van der Waals surface area contributed by atoms with Gasteiger partial charge in [-0.3, -0.25) is 9.36 Å². The highest BCUT2D eigenvalue weighted by Crippen LogP contribution is 2.33. The first-order chi connectivity index (χ1) is 14.0. The summed E-state index contributed by atoms with van der Waals surface area (Å²) in [6.07, 6.45) is 1.76. The summed E-state index contributed by atoms with van der Waals surface area (Å²) < 4.78 is 7.33. The van der Waals surface area contributed by atoms with Crippen molar-refractivity contribution in [3.05, 3.63) is 83.2 Å². The molecule has 148 valence electrons. The van der Waals surface area contributed by atoms with Gasteiger partial charge in [-0.1, -0.05) is 29.5 Å². The molecule has 3 heterocycles. The van der Waals surface area contributed by atoms with Gasteiger partial charge in [0.1, 0.15) is 11.8 Å². The molecule has 8 heteroatoms. The Morgan fingerprint density at radius 2 is 2.07 bits per heavy atom. The molecule has 2 aromatic heterocycles. The molecule has 0 fully saturated rings. The molecule has 0 radical (unpaired) electrons. The highest BCUT2D eigenvalue weighted by Gasteiger charge is 2.33. The minimum absolute atomic E-state index is 0.163. The maximum absolute atomic E-state index is 13.3. The van der Waals surface area contributed by atoms with Crippen LogP contribution in [-0.4, -0.2) is 22.2 Å². The number of ether oxygens (including phenoxy) is 1. The largest absolute Gasteiger partial charge is 0.508 e. The summed E-state index contributed by atoms with van der Waals surface area (Å²) in [5, 5.41) is 11.4. The van der Waals surface area contributed by atoms with Gasteiger partial charge in [-0.15, -0.1) is 11.3 Å². The van der Waals surface area contributed by atoms with Gasteiger partial charge in [-0.25, -0.2) is 9.79 Å². The predicted molar refractivity (Wildman–Crippen MR) is 113 cm³/mol. The first-order valence-electron chi connectivity index (χ1n) is 9.01. The van der Waals surface area contributed by atoms with Crippen molar-refractivity contribution in [2.45, 2.75) is 19.9 Å². The lowest BCUT2D eigenvalue weighted by molar-refractivity contribution is -0.139. The van der Waals surface area contributed by atoms with Gasteiger partial charge in [0.2, 0.25) is 0 Å². The second kappa shape index (κ2) is 7.81. The molecule has 1 aliphatic rings. The summed E-state index contributed by atoms with van der Waals surface area (Å²) >= 11 is 2.76. The molecule has 4 rings (SSSR count). The van der Waals surface area contributed by atoms with E-state index in [-0.39, 0.29) is 17.9 Å². The molecule has 0 spiro atoms. The van der Waals surface area contributed by atoms with Crippen LogP contribution in [0.4, 0.5) is 0 Å². The SMILES string of the molecule is CCOC(=O)C1=C(C)N=c2s/c(=C\c3ccc(O)cc3)c(=O)n2[C@@H]1c1cccs1. The predicted octanol–water partition coefficient (Wildman–Crippen LogP) is 2.57. The maximum atomic E-state index is 13.3. The highest BCUT2D eigenvalue weighted by molar-refractivity contribution is 7.10. The Hall–Kier alpha value is -2.97. The molecule has 0 aliphatic carbocycles. The van der Waals surface area contributed by atoms with Crippen molar-refractivity contribution < 1.29 is 14.6 Å². The summed E-state index contributed by atoms with van der Waals surface area (Å²) in [5.74, 6) is -0.295. The van der Waals surface area contributed by atoms with Crippen LogP contribution >= 0.6 is 22.7 Å². The average molecular weight is 427 g/mol. The fourth-order valence-electron chi connectivity index (χ4n) is 3.23. The third-order valence-corrected chi connectivity index (χ3v) is 6.43. The van der Waals surface area contributed by atoms with E-state index in [1.54, 1.807) is 48.8 Å². The van der Waals surface area contributed by atoms with Gasteiger partial charge in [0.15, 0.2) is 4.80 Å². The molecule has 0 amide bonds. The van der Waals surface area contributed by atoms with Crippen LogP contribution in [0, 0.1) is 0 Å². The van der Waals surface area contributed by atoms with Crippen LogP contribution in [0.15, 0.2) is 62.8 Å². The van der Waals surface area contributed by atoms with Gasteiger partial charge in [0.25, 0.3) is 5.56 Å². The van der Waals surface area contributed by atoms with Crippen LogP contribution < -0.4 is 14.9 Å². The third-order valence-electron chi connectivity index (χ3n) is 4.52. The van der Waals surface area contributed by atoms with E-state index in [9.17, 15) is 14.7 Å². The Bertz CT molecular complexity index is 1270. The topological polar surface area (TPSA) is 80.9 Å². The zero-order valence-corrected chi connectivity index (χ0v) is 17.4. The number of rotatable bonds is 4. The summed E-state index contributed by atoms with van der Waals surface area (Å²) in [4.78, 5) is 31.9. The smallest absolute Gasteiger partial charge is 0.338 e. The number of aromatic nitrogens is 1. The normalized spacial score (nSPS) is 16.5. The molecule has 6 nitrogen and oxygen atoms in total. The number of carbonyl (C=O) groups is 1. The number of nitrogens with zero attached hydrogens (tertiary/aromatic N) is 2. The number of hydrogen-bond donors (Lipinski definition) is 1. The van der Waals surface area contributed by atoms with Crippen molar-refractivity contribution in [1.29, 1.82) is 0 Å². The molecule has 0 unspecified atom stereocenters. The number of hydrogen-bond acceptors (Lipinski definition) is 7. The zero-order chi connectivity index (χ0) is 20.5. The van der Waals surface area contributed by atoms with Crippen LogP contribution in [0.5, 0.6) is 5.75 Å². The number of fused-ring (bicyclic) bond motifs is 1. The number of phenolic OH excluding ortho intramolecular Hbond substituents is 1. The Morgan fingerprint density at radius 1 is 1.31 bits per heavy atom. The molecule has 3 aromatic rings. The van der Waals surface area contributed by atoms with Crippen LogP contribution in [0.3, 0.4) is 0 Å². The van der Waals surface area contributed by atoms with Crippen molar-refractivity contribution in [3.63, 3.8) is 0 Å². The first-order valence-corrected chi connectivity index (χ1v) is 10.7. The van der Waals surface area contributed by atoms with Crippen LogP contribution in [0.1, 0.15) is 30.3 Å². The van der Waals surface area contributed by atoms with E-state index in [0.717, 1.165) is 10.4 Å². The van der Waals surface area contributed by atoms with Gasteiger partial charge in [0, 0.05) is 4.88 Å². The first kappa shape index (κ1) is 19.4. The molecule has 1 atom stereocenters. The van der Waals surface area contributed by atoms with E-state index in [2.05, 4.69) is 4.99 Å². The van der Waals surface area contributed by atoms with E-state index in [1.807, 2.05) is 17.5 Å². The van der Waals surface area contributed by atoms with Gasteiger partial charge >= 0.3 is 5.97 Å². The van der Waals surface area contributed by atoms with Gasteiger partial charge in [0.05, 0.1) is 22.4 Å². The van der Waals surface area contributed by atoms with Crippen molar-refractivity contribution in [2.24, 2.45) is 4.99 Å². The van der Waals surface area contributed by atoms with Gasteiger partial charge < -0.3 is 9.84 Å². The standard InChI is InChI=1S/C21H18N2O4S2/c1-3-27-20(26)17-12(2)22-21-23(18(17)15-5-4-10-28-15)19(25)16(29-21)11-13-6-8-14(24)9-7-13/h4-11,18,24H,3H2,1-2H3/b16-11-/t18-/m1/s1. The number of benzene rings is 1. The monoisotopic (exact) mass is 426 g/mol. The number of thiophene rings is 1. The Labute approximate surface area is 174 Å². The molecular formula is C21H18N2O4S2. The van der Waals surface area contributed by atoms with Crippen LogP contribution in [0.25, 0.3) is 6.08 Å². The third kappa shape index (κ3) is 3.56. The van der Waals surface area contributed by atoms with E-state index in [4.69, 9.17) is 4.74 Å². The highest BCUT2D eigenvalue weighted by atomic mass is 32.1. The zero-order valence-electron chi connectivity index (χ0n) is 15.8. The number of phenols is 1. The Morgan fingerprint density at radius 3 is 2.72 bits per heavy atom. The molecule has 0 saturated carbocycles. The summed E-state index contributed by atoms with van der Waals surface area (Å²) in [6.45, 7) is 3.77. The molecule has 1 N–H and O–H groups in total. The lowest BCUT2D eigenvalue weighted by atomic mass is 10.0. The average Bonchev–Trinajstić information content (AvgIpc) is 3.32. The number of esters is 1. The lowest BCUT2D eigenvalue weighted by Crippen LogP contribution is -2.39. The summed E-state index contributed by atoms with van der Waals surface area (Å²) in [6, 6.07) is 9.85. The number of allylic oxidation sites excluding steroid dienone is 1. The van der Waals surface area contributed by atoms with Crippen molar-refractivity contribution in [2.75, 3.05) is 6.61 Å². The lowest BCUT2D eigenvalue weighted by Gasteiger charge is -2.23. The second-order valence-electron chi connectivity index (χ2n) is 6.41. The molecule has 1 aliphatic heterocycles. The number of thiazole rings is 1. The Kier molecular flexibility index (Phi) is 5.21. The molecule has 0 saturated heterocycles. The summed E-state index contributed by atoms with van der Waals surface area (Å²) in [7, 11) is 0. The van der Waals surface area contributed by atoms with Gasteiger partial charge in [-0.05, 0) is 49.1 Å². The Balaban J connectivity index is 1.93. The van der Waals surface area contributed by atoms with E-state index < -0.39 is 12.0 Å². The number of aromatic hydroxyl groups is 1. The van der Waals surface area contributed by atoms with Crippen molar-refractivity contribution in [1.82, 2.24) is 4.57 Å².